The molecular weight excluding hydrogens is 688 g/mol. The average molecular weight is 743 g/mol. The van der Waals surface area contributed by atoms with Gasteiger partial charge in [-0.2, -0.15) is 0 Å². The standard InChI is InChI=1S/C39H54N2O12/c1-8-41-18-36(19-52-34(45)22-11-9-10-12-25(22)40-28(43)15-20(2)33(44)51-7)14-13-27(49-5)38-24-16-23-26(48-4)17-37(46,29(24)30(23)53-21(3)42)39(47,35(38)41)32(50-6)31(36)38/h9-12,20,23-24,26-27,29-32,35,46-47H,8,13-19H2,1-7H3,(H,40,43)/t20-,23-,24-,26+,27+,29-,30+,31-,32+,35+,36+,37-,38+,39-/m1/s1. The van der Waals surface area contributed by atoms with Crippen molar-refractivity contribution >= 4 is 29.5 Å². The molecule has 1 aliphatic heterocycles. The number of nitrogens with zero attached hydrogens (tertiary/aromatic N) is 1. The Morgan fingerprint density at radius 1 is 1.06 bits per heavy atom. The number of carbonyl (C=O) groups excluding carboxylic acids is 4. The number of rotatable bonds is 12. The third kappa shape index (κ3) is 5.11. The normalized spacial score (nSPS) is 42.4. The van der Waals surface area contributed by atoms with Gasteiger partial charge in [0, 0.05) is 76.2 Å². The van der Waals surface area contributed by atoms with E-state index in [0.717, 1.165) is 0 Å². The molecule has 0 unspecified atom stereocenters. The Morgan fingerprint density at radius 2 is 1.79 bits per heavy atom. The van der Waals surface area contributed by atoms with Crippen molar-refractivity contribution in [3.63, 3.8) is 0 Å². The van der Waals surface area contributed by atoms with Crippen LogP contribution in [-0.2, 0) is 42.8 Å². The summed E-state index contributed by atoms with van der Waals surface area (Å²) in [5.41, 5.74) is -4.63. The van der Waals surface area contributed by atoms with Gasteiger partial charge in [-0.05, 0) is 43.9 Å². The molecule has 5 aliphatic carbocycles. The van der Waals surface area contributed by atoms with Crippen LogP contribution in [0.3, 0.4) is 0 Å². The third-order valence-electron chi connectivity index (χ3n) is 14.3. The molecule has 1 aromatic rings. The van der Waals surface area contributed by atoms with Crippen molar-refractivity contribution in [1.82, 2.24) is 4.90 Å². The van der Waals surface area contributed by atoms with Crippen LogP contribution in [0, 0.1) is 40.4 Å². The number of fused-ring (bicyclic) bond motifs is 2. The molecule has 6 aliphatic rings. The number of para-hydroxylation sites is 1. The molecule has 1 aromatic carbocycles. The van der Waals surface area contributed by atoms with Gasteiger partial charge < -0.3 is 44.0 Å². The van der Waals surface area contributed by atoms with Crippen LogP contribution in [0.2, 0.25) is 0 Å². The number of carbonyl (C=O) groups is 4. The lowest BCUT2D eigenvalue weighted by molar-refractivity contribution is -0.319. The maximum atomic E-state index is 14.0. The maximum absolute atomic E-state index is 14.0. The zero-order chi connectivity index (χ0) is 38.2. The molecule has 0 aromatic heterocycles. The minimum Gasteiger partial charge on any atom is -0.469 e. The number of methoxy groups -OCH3 is 4. The lowest BCUT2D eigenvalue weighted by Crippen LogP contribution is -2.82. The van der Waals surface area contributed by atoms with Gasteiger partial charge in [0.1, 0.15) is 17.3 Å². The number of likely N-dealkylation sites (N-methyl/N-ethyl adjacent to an activating group) is 1. The second kappa shape index (κ2) is 13.6. The number of aliphatic hydroxyl groups is 2. The number of esters is 3. The number of piperidine rings is 1. The van der Waals surface area contributed by atoms with Crippen molar-refractivity contribution in [2.24, 2.45) is 40.4 Å². The largest absolute Gasteiger partial charge is 0.469 e. The van der Waals surface area contributed by atoms with E-state index in [1.165, 1.54) is 14.0 Å². The van der Waals surface area contributed by atoms with Gasteiger partial charge in [-0.25, -0.2) is 4.79 Å². The van der Waals surface area contributed by atoms with Gasteiger partial charge in [0.05, 0.1) is 55.2 Å². The van der Waals surface area contributed by atoms with E-state index in [1.807, 2.05) is 6.92 Å². The predicted molar refractivity (Wildman–Crippen MR) is 187 cm³/mol. The van der Waals surface area contributed by atoms with Crippen molar-refractivity contribution in [3.05, 3.63) is 29.8 Å². The summed E-state index contributed by atoms with van der Waals surface area (Å²) >= 11 is 0. The quantitative estimate of drug-likeness (QED) is 0.210. The monoisotopic (exact) mass is 742 g/mol. The zero-order valence-electron chi connectivity index (χ0n) is 31.7. The Morgan fingerprint density at radius 3 is 2.43 bits per heavy atom. The summed E-state index contributed by atoms with van der Waals surface area (Å²) in [5, 5.41) is 29.5. The van der Waals surface area contributed by atoms with Crippen molar-refractivity contribution < 1.29 is 57.8 Å². The topological polar surface area (TPSA) is 179 Å². The van der Waals surface area contributed by atoms with Gasteiger partial charge in [-0.15, -0.1) is 0 Å². The van der Waals surface area contributed by atoms with Gasteiger partial charge in [-0.3, -0.25) is 19.3 Å². The predicted octanol–water partition coefficient (Wildman–Crippen LogP) is 2.19. The number of benzene rings is 1. The second-order valence-electron chi connectivity index (χ2n) is 16.4. The van der Waals surface area contributed by atoms with Crippen molar-refractivity contribution in [1.29, 1.82) is 0 Å². The molecule has 1 saturated heterocycles. The van der Waals surface area contributed by atoms with E-state index in [-0.39, 0.29) is 48.6 Å². The lowest BCUT2D eigenvalue weighted by Gasteiger charge is -2.70. The van der Waals surface area contributed by atoms with Crippen LogP contribution >= 0.6 is 0 Å². The molecule has 3 N–H and O–H groups in total. The van der Waals surface area contributed by atoms with Crippen molar-refractivity contribution in [3.8, 4) is 0 Å². The Bertz CT molecular complexity index is 1640. The van der Waals surface area contributed by atoms with Crippen LogP contribution < -0.4 is 5.32 Å². The lowest BCUT2D eigenvalue weighted by atomic mass is 9.42. The first-order valence-corrected chi connectivity index (χ1v) is 18.8. The molecule has 1 heterocycles. The first-order chi connectivity index (χ1) is 25.2. The number of ether oxygens (including phenoxy) is 6. The van der Waals surface area contributed by atoms with Gasteiger partial charge in [0.2, 0.25) is 5.91 Å². The summed E-state index contributed by atoms with van der Waals surface area (Å²) in [5.74, 6) is -4.16. The molecule has 6 fully saturated rings. The van der Waals surface area contributed by atoms with E-state index < -0.39 is 88.0 Å². The summed E-state index contributed by atoms with van der Waals surface area (Å²) in [7, 11) is 6.11. The molecule has 7 rings (SSSR count). The molecular formula is C39H54N2O12. The van der Waals surface area contributed by atoms with Gasteiger partial charge in [-0.1, -0.05) is 26.0 Å². The summed E-state index contributed by atoms with van der Waals surface area (Å²) in [6, 6.07) is 6.01. The van der Waals surface area contributed by atoms with E-state index in [2.05, 4.69) is 10.2 Å². The molecule has 14 heteroatoms. The van der Waals surface area contributed by atoms with Crippen LogP contribution in [0.4, 0.5) is 5.69 Å². The number of hydrogen-bond acceptors (Lipinski definition) is 13. The minimum absolute atomic E-state index is 0.0111. The number of amides is 1. The molecule has 292 valence electrons. The number of hydrogen-bond donors (Lipinski definition) is 3. The van der Waals surface area contributed by atoms with Crippen LogP contribution in [0.25, 0.3) is 0 Å². The third-order valence-corrected chi connectivity index (χ3v) is 14.3. The van der Waals surface area contributed by atoms with Crippen LogP contribution in [0.15, 0.2) is 24.3 Å². The van der Waals surface area contributed by atoms with E-state index >= 15 is 0 Å². The SMILES string of the molecule is CCN1C[C@]2(COC(=O)c3ccccc3NC(=O)C[C@@H](C)C(=O)OC)CC[C@H](OC)[C@@]34[C@@H]5C[C@H]6[C@H](OC(C)=O)[C@@H]5[C@](O)(C[C@@H]6OC)[C@@](O)([C@@H](OC)[C@H]23)[C@@H]14. The fraction of sp³-hybridized carbons (Fsp3) is 0.744. The van der Waals surface area contributed by atoms with Crippen molar-refractivity contribution in [2.75, 3.05) is 53.5 Å². The molecule has 5 saturated carbocycles. The smallest absolute Gasteiger partial charge is 0.340 e. The Labute approximate surface area is 310 Å². The van der Waals surface area contributed by atoms with Gasteiger partial charge in [0.15, 0.2) is 0 Å². The van der Waals surface area contributed by atoms with Crippen LogP contribution in [-0.4, -0.2) is 129 Å². The second-order valence-corrected chi connectivity index (χ2v) is 16.4. The maximum Gasteiger partial charge on any atom is 0.340 e. The van der Waals surface area contributed by atoms with Gasteiger partial charge >= 0.3 is 17.9 Å². The number of likely N-dealkylation sites (tertiary alicyclic amines) is 1. The molecule has 0 radical (unpaired) electrons. The fourth-order valence-corrected chi connectivity index (χ4v) is 12.8. The highest BCUT2D eigenvalue weighted by Crippen LogP contribution is 2.80. The molecule has 1 amide bonds. The average Bonchev–Trinajstić information content (AvgIpc) is 3.53. The van der Waals surface area contributed by atoms with E-state index in [4.69, 9.17) is 28.4 Å². The number of anilines is 1. The highest BCUT2D eigenvalue weighted by atomic mass is 16.6. The first-order valence-electron chi connectivity index (χ1n) is 18.8. The highest BCUT2D eigenvalue weighted by molar-refractivity contribution is 6.01. The van der Waals surface area contributed by atoms with E-state index in [0.29, 0.717) is 32.4 Å². The van der Waals surface area contributed by atoms with Crippen molar-refractivity contribution in [2.45, 2.75) is 94.5 Å². The summed E-state index contributed by atoms with van der Waals surface area (Å²) < 4.78 is 35.9. The zero-order valence-corrected chi connectivity index (χ0v) is 31.7. The fourth-order valence-electron chi connectivity index (χ4n) is 12.8. The Kier molecular flexibility index (Phi) is 9.76. The van der Waals surface area contributed by atoms with Crippen LogP contribution in [0.5, 0.6) is 0 Å². The molecule has 1 spiro atoms. The molecule has 14 atom stereocenters. The molecule has 53 heavy (non-hydrogen) atoms. The highest BCUT2D eigenvalue weighted by Gasteiger charge is 2.92. The minimum atomic E-state index is -1.82. The Balaban J connectivity index is 1.27. The summed E-state index contributed by atoms with van der Waals surface area (Å²) in [6.45, 7) is 6.00. The van der Waals surface area contributed by atoms with E-state index in [9.17, 15) is 29.4 Å². The number of nitrogens with one attached hydrogen (secondary N) is 1. The summed E-state index contributed by atoms with van der Waals surface area (Å²) in [6.07, 6.45) is -0.514. The first kappa shape index (κ1) is 38.1. The molecule has 7 bridgehead atoms. The van der Waals surface area contributed by atoms with Gasteiger partial charge in [0.25, 0.3) is 0 Å². The van der Waals surface area contributed by atoms with Crippen LogP contribution in [0.1, 0.15) is 63.2 Å². The Hall–Kier alpha value is -3.14. The molecule has 14 nitrogen and oxygen atoms in total. The summed E-state index contributed by atoms with van der Waals surface area (Å²) in [4.78, 5) is 53.7. The van der Waals surface area contributed by atoms with E-state index in [1.54, 1.807) is 52.5 Å².